The fraction of sp³-hybridized carbons (Fsp3) is 0.231. The number of nitro benzene ring substituents is 1. The Morgan fingerprint density at radius 2 is 2.00 bits per heavy atom. The molecule has 0 aromatic heterocycles. The number of benzene rings is 1. The number of Topliss-reactive ketones (excluding diaryl/α,β-unsaturated/α-hetero) is 2. The van der Waals surface area contributed by atoms with Crippen molar-refractivity contribution in [3.63, 3.8) is 0 Å². The van der Waals surface area contributed by atoms with E-state index in [1.165, 1.54) is 18.2 Å². The molecule has 1 aliphatic rings. The van der Waals surface area contributed by atoms with E-state index < -0.39 is 22.2 Å². The van der Waals surface area contributed by atoms with Crippen LogP contribution in [0.15, 0.2) is 29.0 Å². The normalized spacial score (nSPS) is 14.3. The summed E-state index contributed by atoms with van der Waals surface area (Å²) in [4.78, 5) is 34.6. The zero-order valence-corrected chi connectivity index (χ0v) is 11.3. The average Bonchev–Trinajstić information content (AvgIpc) is 2.44. The number of halogens is 1. The van der Waals surface area contributed by atoms with Crippen LogP contribution in [-0.2, 0) is 4.74 Å². The van der Waals surface area contributed by atoms with Gasteiger partial charge in [-0.05, 0) is 12.5 Å². The quantitative estimate of drug-likeness (QED) is 0.629. The summed E-state index contributed by atoms with van der Waals surface area (Å²) in [5.74, 6) is -1.69. The summed E-state index contributed by atoms with van der Waals surface area (Å²) >= 11 is 5.84. The standard InChI is InChI=1S/C13H10ClNO5/c1-2-6-20-13-10(14)11(16)7-4-3-5-8(15(18)19)9(7)12(13)17/h3-5H,2,6H2,1H3. The largest absolute Gasteiger partial charge is 0.488 e. The first-order chi connectivity index (χ1) is 9.49. The van der Waals surface area contributed by atoms with Gasteiger partial charge in [-0.2, -0.15) is 0 Å². The highest BCUT2D eigenvalue weighted by atomic mass is 35.5. The number of nitro groups is 1. The molecule has 0 radical (unpaired) electrons. The number of hydrogen-bond donors (Lipinski definition) is 0. The highest BCUT2D eigenvalue weighted by Gasteiger charge is 2.37. The van der Waals surface area contributed by atoms with Crippen LogP contribution in [0.3, 0.4) is 0 Å². The number of allylic oxidation sites excluding steroid dienone is 2. The summed E-state index contributed by atoms with van der Waals surface area (Å²) in [5, 5.41) is 10.6. The second-order valence-corrected chi connectivity index (χ2v) is 4.48. The first-order valence-corrected chi connectivity index (χ1v) is 6.26. The summed E-state index contributed by atoms with van der Waals surface area (Å²) in [5.41, 5.74) is -0.765. The molecule has 0 amide bonds. The predicted octanol–water partition coefficient (Wildman–Crippen LogP) is 2.85. The van der Waals surface area contributed by atoms with E-state index in [4.69, 9.17) is 16.3 Å². The van der Waals surface area contributed by atoms with Gasteiger partial charge in [-0.3, -0.25) is 19.7 Å². The molecule has 0 aliphatic heterocycles. The third kappa shape index (κ3) is 2.18. The number of hydrogen-bond acceptors (Lipinski definition) is 5. The lowest BCUT2D eigenvalue weighted by molar-refractivity contribution is -0.385. The number of nitrogens with zero attached hydrogens (tertiary/aromatic N) is 1. The summed E-state index contributed by atoms with van der Waals surface area (Å²) in [6.07, 6.45) is 0.610. The van der Waals surface area contributed by atoms with E-state index in [1.54, 1.807) is 0 Å². The van der Waals surface area contributed by atoms with Crippen LogP contribution >= 0.6 is 11.6 Å². The summed E-state index contributed by atoms with van der Waals surface area (Å²) in [7, 11) is 0. The molecule has 1 aromatic carbocycles. The van der Waals surface area contributed by atoms with E-state index in [-0.39, 0.29) is 28.5 Å². The number of ether oxygens (including phenoxy) is 1. The Bertz CT molecular complexity index is 650. The molecule has 0 bridgehead atoms. The summed E-state index contributed by atoms with van der Waals surface area (Å²) in [6, 6.07) is 3.84. The number of ketones is 2. The second kappa shape index (κ2) is 5.42. The first kappa shape index (κ1) is 14.2. The van der Waals surface area contributed by atoms with Crippen molar-refractivity contribution in [3.8, 4) is 0 Å². The average molecular weight is 296 g/mol. The van der Waals surface area contributed by atoms with Crippen LogP contribution < -0.4 is 0 Å². The Morgan fingerprint density at radius 1 is 1.30 bits per heavy atom. The molecule has 0 atom stereocenters. The van der Waals surface area contributed by atoms with Crippen molar-refractivity contribution in [2.45, 2.75) is 13.3 Å². The molecule has 6 nitrogen and oxygen atoms in total. The molecule has 0 spiro atoms. The minimum atomic E-state index is -0.731. The van der Waals surface area contributed by atoms with Gasteiger partial charge in [0.15, 0.2) is 5.76 Å². The monoisotopic (exact) mass is 295 g/mol. The van der Waals surface area contributed by atoms with Gasteiger partial charge in [0.2, 0.25) is 11.6 Å². The Morgan fingerprint density at radius 3 is 2.60 bits per heavy atom. The zero-order chi connectivity index (χ0) is 14.9. The molecule has 0 heterocycles. The third-order valence-electron chi connectivity index (χ3n) is 2.77. The third-order valence-corrected chi connectivity index (χ3v) is 3.11. The molecule has 0 N–H and O–H groups in total. The highest BCUT2D eigenvalue weighted by Crippen LogP contribution is 2.34. The van der Waals surface area contributed by atoms with E-state index in [2.05, 4.69) is 0 Å². The lowest BCUT2D eigenvalue weighted by Gasteiger charge is -2.17. The first-order valence-electron chi connectivity index (χ1n) is 5.88. The fourth-order valence-electron chi connectivity index (χ4n) is 1.89. The Hall–Kier alpha value is -2.21. The molecule has 1 aliphatic carbocycles. The van der Waals surface area contributed by atoms with Crippen LogP contribution in [0.25, 0.3) is 0 Å². The van der Waals surface area contributed by atoms with E-state index in [1.807, 2.05) is 6.92 Å². The maximum atomic E-state index is 12.3. The lowest BCUT2D eigenvalue weighted by atomic mass is 9.92. The number of carbonyl (C=O) groups is 2. The van der Waals surface area contributed by atoms with E-state index in [0.29, 0.717) is 6.42 Å². The molecule has 104 valence electrons. The van der Waals surface area contributed by atoms with Crippen LogP contribution in [-0.4, -0.2) is 23.1 Å². The van der Waals surface area contributed by atoms with E-state index in [0.717, 1.165) is 0 Å². The van der Waals surface area contributed by atoms with Crippen LogP contribution in [0.1, 0.15) is 34.1 Å². The van der Waals surface area contributed by atoms with Crippen LogP contribution in [0, 0.1) is 10.1 Å². The topological polar surface area (TPSA) is 86.5 Å². The minimum absolute atomic E-state index is 0.0713. The Kier molecular flexibility index (Phi) is 3.85. The Balaban J connectivity index is 2.61. The maximum absolute atomic E-state index is 12.3. The van der Waals surface area contributed by atoms with Gasteiger partial charge in [0.1, 0.15) is 10.6 Å². The molecule has 0 saturated carbocycles. The van der Waals surface area contributed by atoms with Crippen molar-refractivity contribution >= 4 is 28.9 Å². The van der Waals surface area contributed by atoms with E-state index >= 15 is 0 Å². The molecular weight excluding hydrogens is 286 g/mol. The van der Waals surface area contributed by atoms with Gasteiger partial charge in [0.25, 0.3) is 5.69 Å². The summed E-state index contributed by atoms with van der Waals surface area (Å²) in [6.45, 7) is 2.01. The molecule has 0 unspecified atom stereocenters. The lowest BCUT2D eigenvalue weighted by Crippen LogP contribution is -2.23. The van der Waals surface area contributed by atoms with Gasteiger partial charge < -0.3 is 4.74 Å². The maximum Gasteiger partial charge on any atom is 0.281 e. The van der Waals surface area contributed by atoms with Gasteiger partial charge in [-0.25, -0.2) is 0 Å². The van der Waals surface area contributed by atoms with Gasteiger partial charge in [-0.15, -0.1) is 0 Å². The number of carbonyl (C=O) groups excluding carboxylic acids is 2. The smallest absolute Gasteiger partial charge is 0.281 e. The summed E-state index contributed by atoms with van der Waals surface area (Å²) < 4.78 is 5.17. The van der Waals surface area contributed by atoms with Crippen LogP contribution in [0.5, 0.6) is 0 Å². The SMILES string of the molecule is CCCOC1=C(Cl)C(=O)c2cccc([N+](=O)[O-])c2C1=O. The van der Waals surface area contributed by atoms with Gasteiger partial charge in [-0.1, -0.05) is 24.6 Å². The van der Waals surface area contributed by atoms with Gasteiger partial charge in [0.05, 0.1) is 11.5 Å². The van der Waals surface area contributed by atoms with Crippen molar-refractivity contribution in [3.05, 3.63) is 50.2 Å². The van der Waals surface area contributed by atoms with Crippen molar-refractivity contribution in [1.29, 1.82) is 0 Å². The second-order valence-electron chi connectivity index (χ2n) is 4.11. The van der Waals surface area contributed by atoms with Gasteiger partial charge >= 0.3 is 0 Å². The highest BCUT2D eigenvalue weighted by molar-refractivity contribution is 6.50. The number of rotatable bonds is 4. The predicted molar refractivity (Wildman–Crippen MR) is 70.9 cm³/mol. The van der Waals surface area contributed by atoms with E-state index in [9.17, 15) is 19.7 Å². The molecule has 7 heteroatoms. The van der Waals surface area contributed by atoms with Gasteiger partial charge in [0, 0.05) is 11.6 Å². The molecule has 20 heavy (non-hydrogen) atoms. The molecule has 1 aromatic rings. The molecule has 2 rings (SSSR count). The van der Waals surface area contributed by atoms with Crippen LogP contribution in [0.2, 0.25) is 0 Å². The van der Waals surface area contributed by atoms with Crippen molar-refractivity contribution in [1.82, 2.24) is 0 Å². The van der Waals surface area contributed by atoms with Crippen molar-refractivity contribution in [2.24, 2.45) is 0 Å². The number of fused-ring (bicyclic) bond motifs is 1. The van der Waals surface area contributed by atoms with Crippen molar-refractivity contribution < 1.29 is 19.2 Å². The minimum Gasteiger partial charge on any atom is -0.488 e. The zero-order valence-electron chi connectivity index (χ0n) is 10.5. The molecule has 0 saturated heterocycles. The molecular formula is C13H10ClNO5. The Labute approximate surface area is 119 Å². The van der Waals surface area contributed by atoms with Crippen molar-refractivity contribution in [2.75, 3.05) is 6.61 Å². The molecule has 0 fully saturated rings. The van der Waals surface area contributed by atoms with Crippen LogP contribution in [0.4, 0.5) is 5.69 Å². The fourth-order valence-corrected chi connectivity index (χ4v) is 2.13.